The van der Waals surface area contributed by atoms with Crippen molar-refractivity contribution in [2.45, 2.75) is 12.8 Å². The molecular weight excluding hydrogens is 262 g/mol. The highest BCUT2D eigenvalue weighted by molar-refractivity contribution is 5.98. The van der Waals surface area contributed by atoms with Crippen molar-refractivity contribution in [2.24, 2.45) is 0 Å². The van der Waals surface area contributed by atoms with E-state index < -0.39 is 0 Å². The minimum atomic E-state index is 0.0395. The summed E-state index contributed by atoms with van der Waals surface area (Å²) in [5, 5.41) is 0. The monoisotopic (exact) mass is 279 g/mol. The van der Waals surface area contributed by atoms with Crippen molar-refractivity contribution in [3.05, 3.63) is 71.3 Å². The van der Waals surface area contributed by atoms with E-state index in [9.17, 15) is 9.59 Å². The predicted octanol–water partition coefficient (Wildman–Crippen LogP) is 2.96. The maximum atomic E-state index is 12.4. The van der Waals surface area contributed by atoms with Crippen LogP contribution in [-0.4, -0.2) is 29.7 Å². The van der Waals surface area contributed by atoms with Crippen LogP contribution in [0.25, 0.3) is 0 Å². The number of Topliss-reactive ketones (excluding diaryl/α,β-unsaturated/α-hetero) is 1. The van der Waals surface area contributed by atoms with E-state index in [0.717, 1.165) is 17.5 Å². The number of fused-ring (bicyclic) bond motifs is 1. The Morgan fingerprint density at radius 3 is 2.52 bits per heavy atom. The molecule has 1 aliphatic heterocycles. The van der Waals surface area contributed by atoms with Crippen LogP contribution in [0.15, 0.2) is 54.6 Å². The zero-order valence-electron chi connectivity index (χ0n) is 11.8. The van der Waals surface area contributed by atoms with E-state index >= 15 is 0 Å². The van der Waals surface area contributed by atoms with E-state index in [0.29, 0.717) is 25.1 Å². The molecular formula is C18H17NO2. The van der Waals surface area contributed by atoms with Gasteiger partial charge in [-0.2, -0.15) is 0 Å². The average molecular weight is 279 g/mol. The van der Waals surface area contributed by atoms with Crippen LogP contribution in [0.2, 0.25) is 0 Å². The number of hydrogen-bond donors (Lipinski definition) is 0. The SMILES string of the molecule is O=C(CCN1CCc2ccccc2C1=O)c1ccccc1. The number of rotatable bonds is 4. The molecule has 3 rings (SSSR count). The van der Waals surface area contributed by atoms with Gasteiger partial charge in [0.05, 0.1) is 0 Å². The minimum absolute atomic E-state index is 0.0395. The number of amides is 1. The lowest BCUT2D eigenvalue weighted by molar-refractivity contribution is 0.0729. The molecule has 1 aliphatic rings. The van der Waals surface area contributed by atoms with Crippen molar-refractivity contribution in [1.82, 2.24) is 4.90 Å². The first kappa shape index (κ1) is 13.6. The average Bonchev–Trinajstić information content (AvgIpc) is 2.55. The smallest absolute Gasteiger partial charge is 0.254 e. The molecule has 0 aromatic heterocycles. The summed E-state index contributed by atoms with van der Waals surface area (Å²) in [5.41, 5.74) is 2.59. The van der Waals surface area contributed by atoms with Crippen molar-refractivity contribution in [3.63, 3.8) is 0 Å². The van der Waals surface area contributed by atoms with Gasteiger partial charge < -0.3 is 4.90 Å². The maximum absolute atomic E-state index is 12.4. The summed E-state index contributed by atoms with van der Waals surface area (Å²) in [7, 11) is 0. The lowest BCUT2D eigenvalue weighted by Crippen LogP contribution is -2.38. The number of hydrogen-bond acceptors (Lipinski definition) is 2. The Hall–Kier alpha value is -2.42. The summed E-state index contributed by atoms with van der Waals surface area (Å²) in [4.78, 5) is 26.3. The Morgan fingerprint density at radius 1 is 1.00 bits per heavy atom. The fourth-order valence-corrected chi connectivity index (χ4v) is 2.69. The van der Waals surface area contributed by atoms with Crippen molar-refractivity contribution >= 4 is 11.7 Å². The number of carbonyl (C=O) groups excluding carboxylic acids is 2. The van der Waals surface area contributed by atoms with Crippen molar-refractivity contribution in [1.29, 1.82) is 0 Å². The van der Waals surface area contributed by atoms with E-state index in [1.54, 1.807) is 4.90 Å². The number of nitrogens with zero attached hydrogens (tertiary/aromatic N) is 1. The summed E-state index contributed by atoms with van der Waals surface area (Å²) in [6.07, 6.45) is 1.24. The minimum Gasteiger partial charge on any atom is -0.338 e. The standard InChI is InChI=1S/C18H17NO2/c20-17(15-7-2-1-3-8-15)11-13-19-12-10-14-6-4-5-9-16(14)18(19)21/h1-9H,10-13H2. The van der Waals surface area contributed by atoms with E-state index in [2.05, 4.69) is 0 Å². The Morgan fingerprint density at radius 2 is 1.71 bits per heavy atom. The van der Waals surface area contributed by atoms with Crippen molar-refractivity contribution < 1.29 is 9.59 Å². The van der Waals surface area contributed by atoms with Gasteiger partial charge in [0.2, 0.25) is 0 Å². The molecule has 2 aromatic carbocycles. The summed E-state index contributed by atoms with van der Waals surface area (Å²) < 4.78 is 0. The number of benzene rings is 2. The van der Waals surface area contributed by atoms with Gasteiger partial charge in [0.25, 0.3) is 5.91 Å². The Labute approximate surface area is 124 Å². The van der Waals surface area contributed by atoms with Gasteiger partial charge in [-0.25, -0.2) is 0 Å². The molecule has 0 radical (unpaired) electrons. The molecule has 0 atom stereocenters. The van der Waals surface area contributed by atoms with Gasteiger partial charge in [-0.05, 0) is 18.1 Å². The largest absolute Gasteiger partial charge is 0.338 e. The molecule has 0 spiro atoms. The van der Waals surface area contributed by atoms with Crippen molar-refractivity contribution in [2.75, 3.05) is 13.1 Å². The third-order valence-electron chi connectivity index (χ3n) is 3.89. The second-order valence-electron chi connectivity index (χ2n) is 5.24. The molecule has 0 N–H and O–H groups in total. The topological polar surface area (TPSA) is 37.4 Å². The molecule has 3 nitrogen and oxygen atoms in total. The first-order chi connectivity index (χ1) is 10.3. The van der Waals surface area contributed by atoms with Gasteiger partial charge >= 0.3 is 0 Å². The molecule has 3 heteroatoms. The second-order valence-corrected chi connectivity index (χ2v) is 5.24. The van der Waals surface area contributed by atoms with Gasteiger partial charge in [-0.15, -0.1) is 0 Å². The second kappa shape index (κ2) is 5.92. The first-order valence-corrected chi connectivity index (χ1v) is 7.21. The van der Waals surface area contributed by atoms with Gasteiger partial charge in [0.1, 0.15) is 0 Å². The third-order valence-corrected chi connectivity index (χ3v) is 3.89. The highest BCUT2D eigenvalue weighted by atomic mass is 16.2. The Kier molecular flexibility index (Phi) is 3.82. The van der Waals surface area contributed by atoms with E-state index in [4.69, 9.17) is 0 Å². The number of carbonyl (C=O) groups is 2. The quantitative estimate of drug-likeness (QED) is 0.807. The van der Waals surface area contributed by atoms with Gasteiger partial charge in [-0.3, -0.25) is 9.59 Å². The van der Waals surface area contributed by atoms with Gasteiger partial charge in [0.15, 0.2) is 5.78 Å². The van der Waals surface area contributed by atoms with Crippen LogP contribution in [0, 0.1) is 0 Å². The molecule has 0 saturated heterocycles. The molecule has 0 fully saturated rings. The zero-order valence-corrected chi connectivity index (χ0v) is 11.8. The fourth-order valence-electron chi connectivity index (χ4n) is 2.69. The highest BCUT2D eigenvalue weighted by Crippen LogP contribution is 2.19. The van der Waals surface area contributed by atoms with Crippen LogP contribution in [-0.2, 0) is 6.42 Å². The molecule has 1 amide bonds. The van der Waals surface area contributed by atoms with Crippen molar-refractivity contribution in [3.8, 4) is 0 Å². The zero-order chi connectivity index (χ0) is 14.7. The predicted molar refractivity (Wildman–Crippen MR) is 81.4 cm³/mol. The fraction of sp³-hybridized carbons (Fsp3) is 0.222. The van der Waals surface area contributed by atoms with Crippen LogP contribution < -0.4 is 0 Å². The lowest BCUT2D eigenvalue weighted by atomic mass is 9.98. The van der Waals surface area contributed by atoms with Crippen LogP contribution in [0.1, 0.15) is 32.7 Å². The molecule has 0 saturated carbocycles. The third kappa shape index (κ3) is 2.87. The summed E-state index contributed by atoms with van der Waals surface area (Å²) >= 11 is 0. The van der Waals surface area contributed by atoms with Gasteiger partial charge in [-0.1, -0.05) is 48.5 Å². The van der Waals surface area contributed by atoms with Crippen LogP contribution in [0.3, 0.4) is 0 Å². The van der Waals surface area contributed by atoms with E-state index in [1.165, 1.54) is 0 Å². The normalized spacial score (nSPS) is 13.9. The molecule has 0 unspecified atom stereocenters. The highest BCUT2D eigenvalue weighted by Gasteiger charge is 2.23. The first-order valence-electron chi connectivity index (χ1n) is 7.21. The van der Waals surface area contributed by atoms with Crippen LogP contribution >= 0.6 is 0 Å². The van der Waals surface area contributed by atoms with Gasteiger partial charge in [0, 0.05) is 30.6 Å². The summed E-state index contributed by atoms with van der Waals surface area (Å²) in [6, 6.07) is 16.9. The number of ketones is 1. The van der Waals surface area contributed by atoms with Crippen LogP contribution in [0.4, 0.5) is 0 Å². The lowest BCUT2D eigenvalue weighted by Gasteiger charge is -2.28. The molecule has 1 heterocycles. The molecule has 0 aliphatic carbocycles. The summed E-state index contributed by atoms with van der Waals surface area (Å²) in [5.74, 6) is 0.125. The molecule has 2 aromatic rings. The molecule has 106 valence electrons. The Balaban J connectivity index is 1.65. The van der Waals surface area contributed by atoms with E-state index in [-0.39, 0.29) is 11.7 Å². The summed E-state index contributed by atoms with van der Waals surface area (Å²) in [6.45, 7) is 1.18. The maximum Gasteiger partial charge on any atom is 0.254 e. The molecule has 21 heavy (non-hydrogen) atoms. The Bertz CT molecular complexity index is 664. The van der Waals surface area contributed by atoms with E-state index in [1.807, 2.05) is 54.6 Å². The molecule has 0 bridgehead atoms. The van der Waals surface area contributed by atoms with Crippen LogP contribution in [0.5, 0.6) is 0 Å².